The summed E-state index contributed by atoms with van der Waals surface area (Å²) < 4.78 is 31.5. The minimum Gasteiger partial charge on any atom is -0.359 e. The standard InChI is InChI=1S/C22H28O6/c1-18-12-15(23)17-14-2-4-20(24-8-9-25-20)13-19(14)6-7-21(17,28-19)16(18)3-5-22(18)26-10-11-27-22/h16H,2-13H2,1H3/t16-,18?,19-,21+/m1/s1. The highest BCUT2D eigenvalue weighted by Gasteiger charge is 2.77. The topological polar surface area (TPSA) is 63.2 Å². The summed E-state index contributed by atoms with van der Waals surface area (Å²) in [7, 11) is 0. The molecule has 4 heterocycles. The van der Waals surface area contributed by atoms with Crippen LogP contribution in [0, 0.1) is 11.3 Å². The molecule has 0 aromatic heterocycles. The van der Waals surface area contributed by atoms with E-state index in [-0.39, 0.29) is 22.7 Å². The number of carbonyl (C=O) groups is 1. The third kappa shape index (κ3) is 1.66. The molecule has 0 aromatic carbocycles. The third-order valence-electron chi connectivity index (χ3n) is 9.20. The average Bonchev–Trinajstić information content (AvgIpc) is 3.44. The molecule has 4 atom stereocenters. The number of ether oxygens (including phenoxy) is 5. The third-order valence-corrected chi connectivity index (χ3v) is 9.20. The lowest BCUT2D eigenvalue weighted by Crippen LogP contribution is -2.58. The summed E-state index contributed by atoms with van der Waals surface area (Å²) in [6.45, 7) is 4.78. The van der Waals surface area contributed by atoms with Crippen LogP contribution in [-0.4, -0.2) is 55.0 Å². The van der Waals surface area contributed by atoms with Crippen molar-refractivity contribution < 1.29 is 28.5 Å². The summed E-state index contributed by atoms with van der Waals surface area (Å²) in [4.78, 5) is 13.6. The smallest absolute Gasteiger partial charge is 0.174 e. The van der Waals surface area contributed by atoms with Gasteiger partial charge in [0, 0.05) is 42.6 Å². The van der Waals surface area contributed by atoms with E-state index < -0.39 is 17.2 Å². The van der Waals surface area contributed by atoms with Crippen LogP contribution in [0.15, 0.2) is 11.1 Å². The van der Waals surface area contributed by atoms with Crippen molar-refractivity contribution in [3.63, 3.8) is 0 Å². The molecule has 3 aliphatic carbocycles. The summed E-state index contributed by atoms with van der Waals surface area (Å²) in [5, 5.41) is 0. The summed E-state index contributed by atoms with van der Waals surface area (Å²) >= 11 is 0. The van der Waals surface area contributed by atoms with Crippen LogP contribution >= 0.6 is 0 Å². The van der Waals surface area contributed by atoms with Crippen LogP contribution in [0.5, 0.6) is 0 Å². The van der Waals surface area contributed by atoms with Gasteiger partial charge >= 0.3 is 0 Å². The van der Waals surface area contributed by atoms with E-state index in [4.69, 9.17) is 23.7 Å². The average molecular weight is 388 g/mol. The largest absolute Gasteiger partial charge is 0.359 e. The summed E-state index contributed by atoms with van der Waals surface area (Å²) in [6.07, 6.45) is 6.67. The fourth-order valence-corrected chi connectivity index (χ4v) is 8.26. The molecule has 6 fully saturated rings. The van der Waals surface area contributed by atoms with Crippen LogP contribution < -0.4 is 0 Å². The molecule has 0 radical (unpaired) electrons. The van der Waals surface area contributed by atoms with Gasteiger partial charge in [0.2, 0.25) is 0 Å². The Morgan fingerprint density at radius 1 is 0.929 bits per heavy atom. The zero-order valence-electron chi connectivity index (χ0n) is 16.5. The highest BCUT2D eigenvalue weighted by molar-refractivity contribution is 6.01. The molecule has 3 saturated heterocycles. The van der Waals surface area contributed by atoms with Gasteiger partial charge in [-0.1, -0.05) is 6.92 Å². The van der Waals surface area contributed by atoms with Gasteiger partial charge in [-0.2, -0.15) is 0 Å². The Kier molecular flexibility index (Phi) is 2.98. The first-order chi connectivity index (χ1) is 13.5. The van der Waals surface area contributed by atoms with Gasteiger partial charge in [0.15, 0.2) is 17.4 Å². The van der Waals surface area contributed by atoms with E-state index in [1.807, 2.05) is 0 Å². The molecule has 2 bridgehead atoms. The van der Waals surface area contributed by atoms with E-state index in [0.717, 1.165) is 50.5 Å². The van der Waals surface area contributed by atoms with E-state index >= 15 is 0 Å². The van der Waals surface area contributed by atoms with Crippen LogP contribution in [0.3, 0.4) is 0 Å². The van der Waals surface area contributed by atoms with Crippen molar-refractivity contribution in [3.8, 4) is 0 Å². The van der Waals surface area contributed by atoms with Crippen LogP contribution in [0.2, 0.25) is 0 Å². The predicted molar refractivity (Wildman–Crippen MR) is 96.4 cm³/mol. The first-order valence-electron chi connectivity index (χ1n) is 11.0. The van der Waals surface area contributed by atoms with Crippen molar-refractivity contribution in [3.05, 3.63) is 11.1 Å². The number of ketones is 1. The van der Waals surface area contributed by atoms with Crippen molar-refractivity contribution >= 4 is 5.78 Å². The van der Waals surface area contributed by atoms with E-state index in [1.54, 1.807) is 0 Å². The van der Waals surface area contributed by atoms with Gasteiger partial charge < -0.3 is 23.7 Å². The Morgan fingerprint density at radius 2 is 1.68 bits per heavy atom. The second kappa shape index (κ2) is 4.92. The highest BCUT2D eigenvalue weighted by atomic mass is 16.7. The fraction of sp³-hybridized carbons (Fsp3) is 0.864. The van der Waals surface area contributed by atoms with E-state index in [1.165, 1.54) is 5.57 Å². The zero-order chi connectivity index (χ0) is 18.8. The number of rotatable bonds is 0. The van der Waals surface area contributed by atoms with Crippen molar-refractivity contribution in [2.75, 3.05) is 26.4 Å². The lowest BCUT2D eigenvalue weighted by atomic mass is 9.54. The van der Waals surface area contributed by atoms with Crippen molar-refractivity contribution in [2.24, 2.45) is 11.3 Å². The first kappa shape index (κ1) is 16.9. The number of carbonyl (C=O) groups excluding carboxylic acids is 1. The van der Waals surface area contributed by atoms with Crippen molar-refractivity contribution in [1.82, 2.24) is 0 Å². The van der Waals surface area contributed by atoms with Gasteiger partial charge in [-0.05, 0) is 31.3 Å². The van der Waals surface area contributed by atoms with Crippen LogP contribution in [0.25, 0.3) is 0 Å². The van der Waals surface area contributed by atoms with Crippen molar-refractivity contribution in [2.45, 2.75) is 81.1 Å². The number of fused-ring (bicyclic) bond motifs is 2. The monoisotopic (exact) mass is 388 g/mol. The van der Waals surface area contributed by atoms with Gasteiger partial charge in [-0.25, -0.2) is 0 Å². The molecule has 4 spiro atoms. The molecule has 3 saturated carbocycles. The number of hydrogen-bond donors (Lipinski definition) is 0. The van der Waals surface area contributed by atoms with Gasteiger partial charge in [-0.3, -0.25) is 4.79 Å². The molecule has 6 heteroatoms. The molecule has 152 valence electrons. The highest BCUT2D eigenvalue weighted by Crippen LogP contribution is 2.73. The SMILES string of the molecule is CC12CC(=O)C3=C4CCC5(C[C@]46CC[C@]3(O6)[C@@H]1CCC21OCCO1)OCCO5. The molecule has 4 aliphatic heterocycles. The molecule has 0 N–H and O–H groups in total. The Bertz CT molecular complexity index is 806. The van der Waals surface area contributed by atoms with Crippen molar-refractivity contribution in [1.29, 1.82) is 0 Å². The summed E-state index contributed by atoms with van der Waals surface area (Å²) in [5.41, 5.74) is 1.14. The maximum Gasteiger partial charge on any atom is 0.174 e. The van der Waals surface area contributed by atoms with Crippen LogP contribution in [-0.2, 0) is 28.5 Å². The minimum absolute atomic E-state index is 0.264. The first-order valence-corrected chi connectivity index (χ1v) is 11.0. The summed E-state index contributed by atoms with van der Waals surface area (Å²) in [5.74, 6) is -0.585. The summed E-state index contributed by atoms with van der Waals surface area (Å²) in [6, 6.07) is 0. The second-order valence-corrected chi connectivity index (χ2v) is 10.2. The van der Waals surface area contributed by atoms with Gasteiger partial charge in [0.25, 0.3) is 0 Å². The number of hydrogen-bond acceptors (Lipinski definition) is 6. The molecule has 0 amide bonds. The molecule has 6 nitrogen and oxygen atoms in total. The molecule has 0 aromatic rings. The Morgan fingerprint density at radius 3 is 2.46 bits per heavy atom. The quantitative estimate of drug-likeness (QED) is 0.636. The molecule has 28 heavy (non-hydrogen) atoms. The van der Waals surface area contributed by atoms with Crippen LogP contribution in [0.1, 0.15) is 58.3 Å². The van der Waals surface area contributed by atoms with E-state index in [0.29, 0.717) is 32.8 Å². The predicted octanol–water partition coefficient (Wildman–Crippen LogP) is 2.64. The zero-order valence-corrected chi connectivity index (χ0v) is 16.5. The molecule has 7 aliphatic rings. The van der Waals surface area contributed by atoms with Gasteiger partial charge in [-0.15, -0.1) is 0 Å². The Labute approximate surface area is 164 Å². The maximum atomic E-state index is 13.6. The fourth-order valence-electron chi connectivity index (χ4n) is 8.26. The molecular formula is C22H28O6. The Hall–Kier alpha value is -0.790. The lowest BCUT2D eigenvalue weighted by molar-refractivity contribution is -0.248. The number of Topliss-reactive ketones (excluding diaryl/α,β-unsaturated/α-hetero) is 1. The van der Waals surface area contributed by atoms with E-state index in [9.17, 15) is 4.79 Å². The normalized spacial score (nSPS) is 49.9. The maximum absolute atomic E-state index is 13.6. The van der Waals surface area contributed by atoms with E-state index in [2.05, 4.69) is 6.92 Å². The minimum atomic E-state index is -0.607. The lowest BCUT2D eigenvalue weighted by Gasteiger charge is -2.51. The molecular weight excluding hydrogens is 360 g/mol. The molecule has 1 unspecified atom stereocenters. The van der Waals surface area contributed by atoms with Gasteiger partial charge in [0.1, 0.15) is 5.60 Å². The molecule has 7 rings (SSSR count). The Balaban J connectivity index is 1.35. The second-order valence-electron chi connectivity index (χ2n) is 10.2. The van der Waals surface area contributed by atoms with Crippen LogP contribution in [0.4, 0.5) is 0 Å². The van der Waals surface area contributed by atoms with Gasteiger partial charge in [0.05, 0.1) is 32.0 Å².